The summed E-state index contributed by atoms with van der Waals surface area (Å²) in [7, 11) is 0. The molecule has 98 valence electrons. The maximum absolute atomic E-state index is 5.98. The maximum atomic E-state index is 5.98. The van der Waals surface area contributed by atoms with Gasteiger partial charge in [-0.2, -0.15) is 4.98 Å². The molecular weight excluding hydrogens is 242 g/mol. The Balaban J connectivity index is 1.92. The van der Waals surface area contributed by atoms with E-state index in [0.717, 1.165) is 16.6 Å². The highest BCUT2D eigenvalue weighted by Crippen LogP contribution is 2.21. The van der Waals surface area contributed by atoms with Crippen molar-refractivity contribution in [1.82, 2.24) is 19.7 Å². The van der Waals surface area contributed by atoms with E-state index in [1.54, 1.807) is 6.92 Å². The van der Waals surface area contributed by atoms with Gasteiger partial charge >= 0.3 is 0 Å². The van der Waals surface area contributed by atoms with E-state index in [2.05, 4.69) is 15.1 Å². The van der Waals surface area contributed by atoms with Gasteiger partial charge < -0.3 is 14.8 Å². The van der Waals surface area contributed by atoms with Crippen LogP contribution in [0, 0.1) is 13.8 Å². The van der Waals surface area contributed by atoms with E-state index in [4.69, 9.17) is 10.3 Å². The molecule has 2 N–H and O–H groups in total. The predicted molar refractivity (Wildman–Crippen MR) is 71.6 cm³/mol. The van der Waals surface area contributed by atoms with Crippen LogP contribution >= 0.6 is 0 Å². The smallest absolute Gasteiger partial charge is 0.228 e. The summed E-state index contributed by atoms with van der Waals surface area (Å²) in [5, 5.41) is 3.77. The Kier molecular flexibility index (Phi) is 2.70. The minimum Gasteiger partial charge on any atom is -0.369 e. The number of rotatable bonds is 3. The number of aryl methyl sites for hydroxylation is 4. The molecule has 3 rings (SSSR count). The van der Waals surface area contributed by atoms with E-state index in [1.165, 1.54) is 0 Å². The summed E-state index contributed by atoms with van der Waals surface area (Å²) in [6, 6.07) is 6.05. The number of nitrogens with two attached hydrogens (primary N) is 1. The van der Waals surface area contributed by atoms with Crippen molar-refractivity contribution < 1.29 is 4.52 Å². The summed E-state index contributed by atoms with van der Waals surface area (Å²) in [5.41, 5.74) is 9.08. The number of nitrogen functional groups attached to an aromatic ring is 1. The fraction of sp³-hybridized carbons (Fsp3) is 0.308. The zero-order valence-electron chi connectivity index (χ0n) is 10.9. The van der Waals surface area contributed by atoms with Gasteiger partial charge in [0.2, 0.25) is 11.8 Å². The summed E-state index contributed by atoms with van der Waals surface area (Å²) >= 11 is 0. The van der Waals surface area contributed by atoms with E-state index in [0.29, 0.717) is 30.6 Å². The van der Waals surface area contributed by atoms with Crippen LogP contribution in [0.1, 0.15) is 17.3 Å². The van der Waals surface area contributed by atoms with Gasteiger partial charge in [0.15, 0.2) is 5.82 Å². The normalized spacial score (nSPS) is 11.3. The number of hydrogen-bond donors (Lipinski definition) is 1. The molecule has 0 atom stereocenters. The molecule has 19 heavy (non-hydrogen) atoms. The summed E-state index contributed by atoms with van der Waals surface area (Å²) in [6.07, 6.45) is 0.643. The molecule has 0 aliphatic heterocycles. The first-order chi connectivity index (χ1) is 9.15. The second-order valence-electron chi connectivity index (χ2n) is 4.55. The van der Waals surface area contributed by atoms with E-state index < -0.39 is 0 Å². The van der Waals surface area contributed by atoms with Gasteiger partial charge in [-0.05, 0) is 25.5 Å². The first kappa shape index (κ1) is 11.7. The van der Waals surface area contributed by atoms with Crippen LogP contribution in [0.25, 0.3) is 11.0 Å². The van der Waals surface area contributed by atoms with Crippen LogP contribution < -0.4 is 5.73 Å². The highest BCUT2D eigenvalue weighted by Gasteiger charge is 2.11. The Bertz CT molecular complexity index is 728. The van der Waals surface area contributed by atoms with Crippen molar-refractivity contribution in [3.63, 3.8) is 0 Å². The number of aromatic nitrogens is 4. The van der Waals surface area contributed by atoms with Crippen molar-refractivity contribution in [3.05, 3.63) is 35.5 Å². The number of fused-ring (bicyclic) bond motifs is 1. The van der Waals surface area contributed by atoms with Crippen LogP contribution in [-0.4, -0.2) is 19.7 Å². The molecule has 2 aromatic heterocycles. The average molecular weight is 257 g/mol. The van der Waals surface area contributed by atoms with E-state index in [9.17, 15) is 0 Å². The highest BCUT2D eigenvalue weighted by molar-refractivity contribution is 5.81. The third kappa shape index (κ3) is 2.05. The fourth-order valence-corrected chi connectivity index (χ4v) is 2.19. The van der Waals surface area contributed by atoms with Gasteiger partial charge in [0, 0.05) is 13.0 Å². The summed E-state index contributed by atoms with van der Waals surface area (Å²) in [5.74, 6) is 1.78. The lowest BCUT2D eigenvalue weighted by molar-refractivity contribution is 0.369. The number of para-hydroxylation sites is 1. The Hall–Kier alpha value is -2.37. The molecule has 0 fully saturated rings. The zero-order chi connectivity index (χ0) is 13.4. The van der Waals surface area contributed by atoms with E-state index >= 15 is 0 Å². The number of nitrogens with zero attached hydrogens (tertiary/aromatic N) is 4. The van der Waals surface area contributed by atoms with Crippen LogP contribution in [0.2, 0.25) is 0 Å². The van der Waals surface area contributed by atoms with Gasteiger partial charge in [0.05, 0.1) is 11.0 Å². The molecule has 6 nitrogen and oxygen atoms in total. The predicted octanol–water partition coefficient (Wildman–Crippen LogP) is 1.86. The first-order valence-corrected chi connectivity index (χ1v) is 6.15. The van der Waals surface area contributed by atoms with Crippen molar-refractivity contribution in [3.8, 4) is 0 Å². The second kappa shape index (κ2) is 4.38. The van der Waals surface area contributed by atoms with Gasteiger partial charge in [-0.3, -0.25) is 0 Å². The Morgan fingerprint density at radius 1 is 1.26 bits per heavy atom. The largest absolute Gasteiger partial charge is 0.369 e. The molecule has 0 amide bonds. The van der Waals surface area contributed by atoms with Crippen LogP contribution in [0.4, 0.5) is 5.95 Å². The fourth-order valence-electron chi connectivity index (χ4n) is 2.19. The van der Waals surface area contributed by atoms with Gasteiger partial charge in [-0.25, -0.2) is 4.98 Å². The number of hydrogen-bond acceptors (Lipinski definition) is 5. The second-order valence-corrected chi connectivity index (χ2v) is 4.55. The van der Waals surface area contributed by atoms with Crippen molar-refractivity contribution >= 4 is 17.0 Å². The quantitative estimate of drug-likeness (QED) is 0.774. The Labute approximate surface area is 110 Å². The number of benzene rings is 1. The van der Waals surface area contributed by atoms with Crippen LogP contribution in [0.15, 0.2) is 22.7 Å². The standard InChI is InChI=1S/C13H15N5O/c1-8-4-3-5-10-12(8)16-13(14)18(10)7-6-11-15-9(2)17-19-11/h3-5H,6-7H2,1-2H3,(H2,14,16). The molecule has 0 saturated heterocycles. The van der Waals surface area contributed by atoms with E-state index in [1.807, 2.05) is 29.7 Å². The van der Waals surface area contributed by atoms with Crippen molar-refractivity contribution in [1.29, 1.82) is 0 Å². The maximum Gasteiger partial charge on any atom is 0.228 e. The molecule has 0 unspecified atom stereocenters. The molecule has 6 heteroatoms. The molecule has 3 aromatic rings. The lowest BCUT2D eigenvalue weighted by Gasteiger charge is -2.04. The lowest BCUT2D eigenvalue weighted by atomic mass is 10.2. The third-order valence-corrected chi connectivity index (χ3v) is 3.13. The van der Waals surface area contributed by atoms with Crippen LogP contribution in [-0.2, 0) is 13.0 Å². The van der Waals surface area contributed by atoms with Gasteiger partial charge in [0.25, 0.3) is 0 Å². The molecule has 0 saturated carbocycles. The summed E-state index contributed by atoms with van der Waals surface area (Å²) < 4.78 is 7.08. The average Bonchev–Trinajstić information content (AvgIpc) is 2.92. The molecule has 0 bridgehead atoms. The van der Waals surface area contributed by atoms with E-state index in [-0.39, 0.29) is 0 Å². The molecule has 0 aliphatic carbocycles. The van der Waals surface area contributed by atoms with Crippen molar-refractivity contribution in [2.45, 2.75) is 26.8 Å². The SMILES string of the molecule is Cc1noc(CCn2c(N)nc3c(C)cccc32)n1. The van der Waals surface area contributed by atoms with Crippen molar-refractivity contribution in [2.75, 3.05) is 5.73 Å². The Morgan fingerprint density at radius 2 is 2.11 bits per heavy atom. The number of imidazole rings is 1. The monoisotopic (exact) mass is 257 g/mol. The molecule has 0 spiro atoms. The number of anilines is 1. The molecule has 2 heterocycles. The molecular formula is C13H15N5O. The molecule has 1 aromatic carbocycles. The minimum atomic E-state index is 0.514. The zero-order valence-corrected chi connectivity index (χ0v) is 10.9. The molecule has 0 radical (unpaired) electrons. The minimum absolute atomic E-state index is 0.514. The topological polar surface area (TPSA) is 82.8 Å². The third-order valence-electron chi connectivity index (χ3n) is 3.13. The highest BCUT2D eigenvalue weighted by atomic mass is 16.5. The molecule has 0 aliphatic rings. The van der Waals surface area contributed by atoms with Crippen molar-refractivity contribution in [2.24, 2.45) is 0 Å². The van der Waals surface area contributed by atoms with Gasteiger partial charge in [-0.1, -0.05) is 17.3 Å². The Morgan fingerprint density at radius 3 is 2.84 bits per heavy atom. The van der Waals surface area contributed by atoms with Crippen LogP contribution in [0.5, 0.6) is 0 Å². The van der Waals surface area contributed by atoms with Crippen LogP contribution in [0.3, 0.4) is 0 Å². The van der Waals surface area contributed by atoms with Gasteiger partial charge in [-0.15, -0.1) is 0 Å². The van der Waals surface area contributed by atoms with Gasteiger partial charge in [0.1, 0.15) is 0 Å². The first-order valence-electron chi connectivity index (χ1n) is 6.15. The summed E-state index contributed by atoms with van der Waals surface area (Å²) in [6.45, 7) is 4.51. The summed E-state index contributed by atoms with van der Waals surface area (Å²) in [4.78, 5) is 8.59. The lowest BCUT2D eigenvalue weighted by Crippen LogP contribution is -2.05.